The maximum Gasteiger partial charge on any atom is 0.292 e. The molecule has 2 atom stereocenters. The van der Waals surface area contributed by atoms with Crippen molar-refractivity contribution in [1.29, 1.82) is 0 Å². The van der Waals surface area contributed by atoms with E-state index in [0.717, 1.165) is 60.8 Å². The summed E-state index contributed by atoms with van der Waals surface area (Å²) in [6.45, 7) is 6.37. The molecular formula is C34H37ClN4O4. The Morgan fingerprint density at radius 3 is 2.42 bits per heavy atom. The Kier molecular flexibility index (Phi) is 8.52. The number of amides is 1. The van der Waals surface area contributed by atoms with Crippen molar-refractivity contribution in [3.05, 3.63) is 83.0 Å². The Bertz CT molecular complexity index is 1620. The number of aliphatic hydroxyl groups excluding tert-OH is 1. The lowest BCUT2D eigenvalue weighted by atomic mass is 9.99. The normalized spacial score (nSPS) is 16.9. The molecule has 3 aromatic carbocycles. The molecule has 4 aromatic rings. The Balaban J connectivity index is 1.16. The number of ketones is 1. The van der Waals surface area contributed by atoms with Gasteiger partial charge in [0.1, 0.15) is 11.9 Å². The SMILES string of the molecule is CC(C)n1cc2cc(-c3ccc(C(=O)C(=O)NC(CN4CCCC4)C(O)c4ccc(OC5CC5)c(Cl)c4)cc3)ccc2n1. The topological polar surface area (TPSA) is 96.7 Å². The number of halogens is 1. The molecule has 1 saturated heterocycles. The molecule has 2 fully saturated rings. The highest BCUT2D eigenvalue weighted by Crippen LogP contribution is 2.34. The van der Waals surface area contributed by atoms with Crippen LogP contribution in [0.5, 0.6) is 5.75 Å². The first-order valence-electron chi connectivity index (χ1n) is 15.1. The molecule has 8 nitrogen and oxygen atoms in total. The number of aromatic nitrogens is 2. The van der Waals surface area contributed by atoms with Crippen LogP contribution >= 0.6 is 11.6 Å². The van der Waals surface area contributed by atoms with Gasteiger partial charge in [0.05, 0.1) is 22.7 Å². The zero-order valence-corrected chi connectivity index (χ0v) is 25.3. The number of carbonyl (C=O) groups is 2. The zero-order chi connectivity index (χ0) is 30.1. The lowest BCUT2D eigenvalue weighted by molar-refractivity contribution is -0.118. The quantitative estimate of drug-likeness (QED) is 0.162. The number of carbonyl (C=O) groups excluding carboxylic acids is 2. The van der Waals surface area contributed by atoms with Crippen LogP contribution in [-0.2, 0) is 4.79 Å². The molecule has 1 saturated carbocycles. The van der Waals surface area contributed by atoms with Gasteiger partial charge in [-0.1, -0.05) is 48.0 Å². The zero-order valence-electron chi connectivity index (χ0n) is 24.5. The third-order valence-electron chi connectivity index (χ3n) is 8.20. The van der Waals surface area contributed by atoms with Crippen LogP contribution in [0, 0.1) is 0 Å². The number of fused-ring (bicyclic) bond motifs is 1. The Morgan fingerprint density at radius 1 is 1.02 bits per heavy atom. The van der Waals surface area contributed by atoms with Gasteiger partial charge in [0.2, 0.25) is 5.78 Å². The molecule has 2 unspecified atom stereocenters. The summed E-state index contributed by atoms with van der Waals surface area (Å²) in [5.74, 6) is -0.812. The highest BCUT2D eigenvalue weighted by molar-refractivity contribution is 6.42. The van der Waals surface area contributed by atoms with Crippen molar-refractivity contribution in [2.45, 2.75) is 63.8 Å². The van der Waals surface area contributed by atoms with Gasteiger partial charge in [-0.25, -0.2) is 0 Å². The molecule has 2 N–H and O–H groups in total. The van der Waals surface area contributed by atoms with Crippen molar-refractivity contribution in [3.8, 4) is 16.9 Å². The number of aliphatic hydroxyl groups is 1. The highest BCUT2D eigenvalue weighted by Gasteiger charge is 2.30. The highest BCUT2D eigenvalue weighted by atomic mass is 35.5. The molecule has 6 rings (SSSR count). The second kappa shape index (κ2) is 12.5. The van der Waals surface area contributed by atoms with Crippen LogP contribution in [0.4, 0.5) is 0 Å². The molecule has 1 aliphatic carbocycles. The number of nitrogens with one attached hydrogen (secondary N) is 1. The molecule has 43 heavy (non-hydrogen) atoms. The fourth-order valence-corrected chi connectivity index (χ4v) is 5.76. The molecule has 0 radical (unpaired) electrons. The summed E-state index contributed by atoms with van der Waals surface area (Å²) in [7, 11) is 0. The Hall–Kier alpha value is -3.72. The Labute approximate surface area is 256 Å². The number of Topliss-reactive ketones (excluding diaryl/α,β-unsaturated/α-hetero) is 1. The van der Waals surface area contributed by atoms with E-state index in [9.17, 15) is 14.7 Å². The minimum Gasteiger partial charge on any atom is -0.489 e. The second-order valence-electron chi connectivity index (χ2n) is 11.9. The van der Waals surface area contributed by atoms with Crippen molar-refractivity contribution >= 4 is 34.2 Å². The van der Waals surface area contributed by atoms with Crippen LogP contribution in [0.1, 0.15) is 67.6 Å². The summed E-state index contributed by atoms with van der Waals surface area (Å²) in [5.41, 5.74) is 3.71. The number of rotatable bonds is 11. The average molecular weight is 601 g/mol. The number of nitrogens with zero attached hydrogens (tertiary/aromatic N) is 3. The van der Waals surface area contributed by atoms with E-state index < -0.39 is 23.8 Å². The number of likely N-dealkylation sites (tertiary alicyclic amines) is 1. The molecule has 9 heteroatoms. The smallest absolute Gasteiger partial charge is 0.292 e. The summed E-state index contributed by atoms with van der Waals surface area (Å²) < 4.78 is 7.77. The van der Waals surface area contributed by atoms with E-state index in [1.165, 1.54) is 0 Å². The molecule has 1 amide bonds. The maximum atomic E-state index is 13.2. The molecule has 1 aromatic heterocycles. The fourth-order valence-electron chi connectivity index (χ4n) is 5.53. The lowest BCUT2D eigenvalue weighted by Gasteiger charge is -2.28. The molecular weight excluding hydrogens is 564 g/mol. The summed E-state index contributed by atoms with van der Waals surface area (Å²) in [5, 5.41) is 20.3. The van der Waals surface area contributed by atoms with E-state index in [1.54, 1.807) is 30.3 Å². The molecule has 224 valence electrons. The molecule has 2 heterocycles. The summed E-state index contributed by atoms with van der Waals surface area (Å²) in [6, 6.07) is 17.9. The standard InChI is InChI=1S/C34H37ClN4O4/c1-21(2)39-19-26-17-24(9-13-29(26)37-39)22-5-7-23(8-6-22)33(41)34(42)36-30(20-38-15-3-4-16-38)32(40)25-10-14-31(28(35)18-25)43-27-11-12-27/h5-10,13-14,17-19,21,27,30,32,40H,3-4,11-12,15-16,20H2,1-2H3,(H,36,42). The van der Waals surface area contributed by atoms with Crippen LogP contribution in [0.2, 0.25) is 5.02 Å². The number of ether oxygens (including phenoxy) is 1. The summed E-state index contributed by atoms with van der Waals surface area (Å²) in [4.78, 5) is 28.6. The molecule has 0 bridgehead atoms. The van der Waals surface area contributed by atoms with Gasteiger partial charge in [0, 0.05) is 29.7 Å². The number of hydrogen-bond acceptors (Lipinski definition) is 6. The van der Waals surface area contributed by atoms with Gasteiger partial charge in [-0.15, -0.1) is 0 Å². The monoisotopic (exact) mass is 600 g/mol. The average Bonchev–Trinajstić information content (AvgIpc) is 3.47. The number of hydrogen-bond donors (Lipinski definition) is 2. The van der Waals surface area contributed by atoms with Crippen molar-refractivity contribution in [1.82, 2.24) is 20.0 Å². The van der Waals surface area contributed by atoms with Gasteiger partial charge in [-0.2, -0.15) is 5.10 Å². The van der Waals surface area contributed by atoms with Crippen LogP contribution in [0.15, 0.2) is 66.9 Å². The second-order valence-corrected chi connectivity index (χ2v) is 12.3. The number of benzene rings is 3. The van der Waals surface area contributed by atoms with Crippen LogP contribution in [-0.4, -0.2) is 63.3 Å². The first kappa shape index (κ1) is 29.4. The summed E-state index contributed by atoms with van der Waals surface area (Å²) in [6.07, 6.45) is 5.34. The van der Waals surface area contributed by atoms with Gasteiger partial charge >= 0.3 is 0 Å². The minimum absolute atomic E-state index is 0.203. The Morgan fingerprint density at radius 2 is 1.74 bits per heavy atom. The first-order chi connectivity index (χ1) is 20.7. The van der Waals surface area contributed by atoms with Crippen LogP contribution in [0.25, 0.3) is 22.0 Å². The third-order valence-corrected chi connectivity index (χ3v) is 8.50. The van der Waals surface area contributed by atoms with E-state index in [1.807, 2.05) is 35.1 Å². The minimum atomic E-state index is -1.05. The largest absolute Gasteiger partial charge is 0.489 e. The third kappa shape index (κ3) is 6.77. The van der Waals surface area contributed by atoms with Gasteiger partial charge in [0.15, 0.2) is 0 Å². The predicted octanol–water partition coefficient (Wildman–Crippen LogP) is 5.98. The van der Waals surface area contributed by atoms with Gasteiger partial charge in [-0.05, 0) is 93.6 Å². The van der Waals surface area contributed by atoms with Gasteiger partial charge in [-0.3, -0.25) is 14.3 Å². The van der Waals surface area contributed by atoms with Gasteiger partial charge in [0.25, 0.3) is 5.91 Å². The van der Waals surface area contributed by atoms with Crippen molar-refractivity contribution < 1.29 is 19.4 Å². The first-order valence-corrected chi connectivity index (χ1v) is 15.4. The van der Waals surface area contributed by atoms with E-state index in [-0.39, 0.29) is 17.7 Å². The lowest BCUT2D eigenvalue weighted by Crippen LogP contribution is -2.48. The van der Waals surface area contributed by atoms with Crippen molar-refractivity contribution in [2.24, 2.45) is 0 Å². The van der Waals surface area contributed by atoms with Crippen LogP contribution in [0.3, 0.4) is 0 Å². The maximum absolute atomic E-state index is 13.2. The van der Waals surface area contributed by atoms with E-state index in [2.05, 4.69) is 35.2 Å². The van der Waals surface area contributed by atoms with E-state index >= 15 is 0 Å². The van der Waals surface area contributed by atoms with Crippen LogP contribution < -0.4 is 10.1 Å². The molecule has 2 aliphatic rings. The predicted molar refractivity (Wildman–Crippen MR) is 168 cm³/mol. The van der Waals surface area contributed by atoms with Crippen molar-refractivity contribution in [3.63, 3.8) is 0 Å². The van der Waals surface area contributed by atoms with E-state index in [4.69, 9.17) is 16.3 Å². The molecule has 0 spiro atoms. The van der Waals surface area contributed by atoms with Crippen molar-refractivity contribution in [2.75, 3.05) is 19.6 Å². The van der Waals surface area contributed by atoms with Gasteiger partial charge < -0.3 is 20.1 Å². The van der Waals surface area contributed by atoms with E-state index in [0.29, 0.717) is 22.9 Å². The molecule has 1 aliphatic heterocycles. The fraction of sp³-hybridized carbons (Fsp3) is 0.382. The summed E-state index contributed by atoms with van der Waals surface area (Å²) >= 11 is 6.46.